The fraction of sp³-hybridized carbons (Fsp3) is 0.250. The molecule has 3 rings (SSSR count). The van der Waals surface area contributed by atoms with Gasteiger partial charge < -0.3 is 10.2 Å². The van der Waals surface area contributed by atoms with Gasteiger partial charge in [-0.1, -0.05) is 19.4 Å². The summed E-state index contributed by atoms with van der Waals surface area (Å²) in [4.78, 5) is 42.2. The summed E-state index contributed by atoms with van der Waals surface area (Å²) in [6, 6.07) is 7.13. The second-order valence-corrected chi connectivity index (χ2v) is 7.33. The van der Waals surface area contributed by atoms with Gasteiger partial charge in [-0.3, -0.25) is 24.0 Å². The largest absolute Gasteiger partial charge is 0.467 e. The summed E-state index contributed by atoms with van der Waals surface area (Å²) in [5, 5.41) is 1.90. The van der Waals surface area contributed by atoms with Crippen LogP contribution in [0.1, 0.15) is 30.4 Å². The van der Waals surface area contributed by atoms with E-state index in [4.69, 9.17) is 10.2 Å². The third-order valence-electron chi connectivity index (χ3n) is 4.31. The van der Waals surface area contributed by atoms with Crippen molar-refractivity contribution in [3.63, 3.8) is 0 Å². The number of rotatable bonds is 8. The van der Waals surface area contributed by atoms with E-state index < -0.39 is 17.2 Å². The smallest absolute Gasteiger partial charge is 0.330 e. The number of carbonyl (C=O) groups excluding carboxylic acids is 1. The summed E-state index contributed by atoms with van der Waals surface area (Å²) in [6.45, 7) is 2.33. The maximum atomic E-state index is 13.0. The van der Waals surface area contributed by atoms with Gasteiger partial charge in [0.2, 0.25) is 0 Å². The lowest BCUT2D eigenvalue weighted by atomic mass is 10.3. The molecule has 3 aromatic rings. The number of carbonyl (C=O) groups is 1. The number of H-pyrrole nitrogens is 1. The number of furan rings is 1. The molecule has 0 fully saturated rings. The van der Waals surface area contributed by atoms with Crippen molar-refractivity contribution in [3.8, 4) is 0 Å². The Morgan fingerprint density at radius 1 is 1.34 bits per heavy atom. The molecule has 0 saturated heterocycles. The minimum Gasteiger partial charge on any atom is -0.467 e. The number of nitrogens with two attached hydrogens (primary N) is 1. The highest BCUT2D eigenvalue weighted by Gasteiger charge is 2.24. The lowest BCUT2D eigenvalue weighted by molar-refractivity contribution is -0.114. The zero-order chi connectivity index (χ0) is 20.8. The molecule has 0 aliphatic heterocycles. The SMILES string of the molecule is CCCCn1c(N)c(N(Cc2ccco2)C(=O)/C=C/c2cccs2)c(=O)[nH]c1=O. The summed E-state index contributed by atoms with van der Waals surface area (Å²) >= 11 is 1.48. The zero-order valence-electron chi connectivity index (χ0n) is 16.0. The van der Waals surface area contributed by atoms with E-state index >= 15 is 0 Å². The normalized spacial score (nSPS) is 11.2. The molecule has 0 atom stereocenters. The highest BCUT2D eigenvalue weighted by Crippen LogP contribution is 2.21. The molecular formula is C20H22N4O4S. The fourth-order valence-electron chi connectivity index (χ4n) is 2.83. The molecule has 3 N–H and O–H groups in total. The number of amides is 1. The van der Waals surface area contributed by atoms with Crippen LogP contribution in [0.4, 0.5) is 11.5 Å². The first-order valence-corrected chi connectivity index (χ1v) is 10.1. The monoisotopic (exact) mass is 414 g/mol. The maximum absolute atomic E-state index is 13.0. The molecule has 3 heterocycles. The fourth-order valence-corrected chi connectivity index (χ4v) is 3.45. The number of hydrogen-bond acceptors (Lipinski definition) is 6. The summed E-state index contributed by atoms with van der Waals surface area (Å²) in [7, 11) is 0. The Labute approximate surface area is 170 Å². The number of unbranched alkanes of at least 4 members (excludes halogenated alkanes) is 1. The highest BCUT2D eigenvalue weighted by atomic mass is 32.1. The summed E-state index contributed by atoms with van der Waals surface area (Å²) in [5.41, 5.74) is 4.80. The van der Waals surface area contributed by atoms with E-state index in [1.807, 2.05) is 24.4 Å². The van der Waals surface area contributed by atoms with Crippen LogP contribution in [0.5, 0.6) is 0 Å². The Bertz CT molecular complexity index is 1090. The number of nitrogen functional groups attached to an aromatic ring is 1. The van der Waals surface area contributed by atoms with Crippen LogP contribution in [-0.4, -0.2) is 15.5 Å². The number of aromatic nitrogens is 2. The number of anilines is 2. The number of thiophene rings is 1. The number of hydrogen-bond donors (Lipinski definition) is 2. The highest BCUT2D eigenvalue weighted by molar-refractivity contribution is 7.10. The molecule has 0 saturated carbocycles. The molecule has 0 aromatic carbocycles. The van der Waals surface area contributed by atoms with E-state index in [9.17, 15) is 14.4 Å². The van der Waals surface area contributed by atoms with Gasteiger partial charge in [0.05, 0.1) is 12.8 Å². The minimum absolute atomic E-state index is 0.000124. The summed E-state index contributed by atoms with van der Waals surface area (Å²) < 4.78 is 6.63. The van der Waals surface area contributed by atoms with Crippen LogP contribution in [-0.2, 0) is 17.9 Å². The third kappa shape index (κ3) is 4.75. The molecule has 9 heteroatoms. The van der Waals surface area contributed by atoms with E-state index in [-0.39, 0.29) is 18.1 Å². The van der Waals surface area contributed by atoms with Gasteiger partial charge in [-0.2, -0.15) is 0 Å². The van der Waals surface area contributed by atoms with E-state index in [2.05, 4.69) is 4.98 Å². The van der Waals surface area contributed by atoms with Crippen molar-refractivity contribution in [3.05, 3.63) is 73.5 Å². The minimum atomic E-state index is -0.718. The van der Waals surface area contributed by atoms with Gasteiger partial charge in [0.15, 0.2) is 5.69 Å². The van der Waals surface area contributed by atoms with Gasteiger partial charge in [0, 0.05) is 17.5 Å². The first-order valence-electron chi connectivity index (χ1n) is 9.19. The van der Waals surface area contributed by atoms with Crippen LogP contribution < -0.4 is 21.9 Å². The Kier molecular flexibility index (Phi) is 6.50. The van der Waals surface area contributed by atoms with Crippen LogP contribution in [0.15, 0.2) is 56.0 Å². The van der Waals surface area contributed by atoms with Gasteiger partial charge in [0.25, 0.3) is 11.5 Å². The Morgan fingerprint density at radius 3 is 2.83 bits per heavy atom. The molecule has 0 radical (unpaired) electrons. The lowest BCUT2D eigenvalue weighted by Crippen LogP contribution is -2.40. The maximum Gasteiger partial charge on any atom is 0.330 e. The van der Waals surface area contributed by atoms with Crippen molar-refractivity contribution in [1.82, 2.24) is 9.55 Å². The standard InChI is InChI=1S/C20H22N4O4S/c1-2-3-10-23-18(21)17(19(26)22-20(23)27)24(13-14-6-4-11-28-14)16(25)9-8-15-7-5-12-29-15/h4-9,11-12H,2-3,10,13,21H2,1H3,(H,22,26,27)/b9-8+. The average Bonchev–Trinajstić information content (AvgIpc) is 3.39. The summed E-state index contributed by atoms with van der Waals surface area (Å²) in [6.07, 6.45) is 6.07. The number of aromatic amines is 1. The summed E-state index contributed by atoms with van der Waals surface area (Å²) in [5.74, 6) is -0.0164. The van der Waals surface area contributed by atoms with E-state index in [1.54, 1.807) is 18.2 Å². The molecule has 29 heavy (non-hydrogen) atoms. The van der Waals surface area contributed by atoms with Crippen molar-refractivity contribution in [2.75, 3.05) is 10.6 Å². The number of nitrogens with zero attached hydrogens (tertiary/aromatic N) is 2. The number of nitrogens with one attached hydrogen (secondary N) is 1. The molecule has 0 aliphatic rings. The van der Waals surface area contributed by atoms with Gasteiger partial charge >= 0.3 is 5.69 Å². The molecule has 3 aromatic heterocycles. The molecule has 152 valence electrons. The second-order valence-electron chi connectivity index (χ2n) is 6.35. The quantitative estimate of drug-likeness (QED) is 0.550. The predicted molar refractivity (Wildman–Crippen MR) is 114 cm³/mol. The molecule has 0 unspecified atom stereocenters. The van der Waals surface area contributed by atoms with Crippen LogP contribution >= 0.6 is 11.3 Å². The lowest BCUT2D eigenvalue weighted by Gasteiger charge is -2.22. The van der Waals surface area contributed by atoms with Crippen LogP contribution in [0, 0.1) is 0 Å². The predicted octanol–water partition coefficient (Wildman–Crippen LogP) is 2.82. The van der Waals surface area contributed by atoms with Crippen molar-refractivity contribution >= 4 is 34.8 Å². The molecule has 0 aliphatic carbocycles. The van der Waals surface area contributed by atoms with Crippen molar-refractivity contribution in [1.29, 1.82) is 0 Å². The second kappa shape index (κ2) is 9.24. The average molecular weight is 414 g/mol. The van der Waals surface area contributed by atoms with Crippen molar-refractivity contribution in [2.45, 2.75) is 32.9 Å². The van der Waals surface area contributed by atoms with E-state index in [0.717, 1.165) is 11.3 Å². The first kappa shape index (κ1) is 20.4. The van der Waals surface area contributed by atoms with Crippen LogP contribution in [0.25, 0.3) is 6.08 Å². The van der Waals surface area contributed by atoms with Crippen molar-refractivity contribution in [2.24, 2.45) is 0 Å². The topological polar surface area (TPSA) is 114 Å². The van der Waals surface area contributed by atoms with E-state index in [1.165, 1.54) is 33.1 Å². The van der Waals surface area contributed by atoms with Crippen LogP contribution in [0.2, 0.25) is 0 Å². The van der Waals surface area contributed by atoms with Crippen molar-refractivity contribution < 1.29 is 9.21 Å². The Hall–Kier alpha value is -3.33. The Morgan fingerprint density at radius 2 is 2.17 bits per heavy atom. The van der Waals surface area contributed by atoms with Gasteiger partial charge in [-0.15, -0.1) is 11.3 Å². The molecule has 8 nitrogen and oxygen atoms in total. The third-order valence-corrected chi connectivity index (χ3v) is 5.15. The molecule has 0 spiro atoms. The molecule has 0 bridgehead atoms. The van der Waals surface area contributed by atoms with Gasteiger partial charge in [0.1, 0.15) is 11.6 Å². The zero-order valence-corrected chi connectivity index (χ0v) is 16.8. The van der Waals surface area contributed by atoms with Gasteiger partial charge in [-0.05, 0) is 36.1 Å². The Balaban J connectivity index is 2.04. The van der Waals surface area contributed by atoms with E-state index in [0.29, 0.717) is 18.7 Å². The molecule has 1 amide bonds. The van der Waals surface area contributed by atoms with Crippen LogP contribution in [0.3, 0.4) is 0 Å². The van der Waals surface area contributed by atoms with Gasteiger partial charge in [-0.25, -0.2) is 4.79 Å². The molecular weight excluding hydrogens is 392 g/mol. The first-order chi connectivity index (χ1) is 14.0.